The highest BCUT2D eigenvalue weighted by Crippen LogP contribution is 2.41. The van der Waals surface area contributed by atoms with Gasteiger partial charge in [-0.05, 0) is 47.5 Å². The van der Waals surface area contributed by atoms with E-state index in [9.17, 15) is 55.0 Å². The van der Waals surface area contributed by atoms with E-state index in [1.165, 1.54) is 12.1 Å². The van der Waals surface area contributed by atoms with Gasteiger partial charge in [-0.2, -0.15) is 50.0 Å². The third kappa shape index (κ3) is 5.94. The summed E-state index contributed by atoms with van der Waals surface area (Å²) in [5.74, 6) is -2.19. The third-order valence-electron chi connectivity index (χ3n) is 4.53. The Kier molecular flexibility index (Phi) is 7.02. The van der Waals surface area contributed by atoms with Gasteiger partial charge in [0.1, 0.15) is 5.92 Å². The predicted molar refractivity (Wildman–Crippen MR) is 91.6 cm³/mol. The topological polar surface area (TPSA) is 88.0 Å². The summed E-state index contributed by atoms with van der Waals surface area (Å²) in [5.41, 5.74) is -7.35. The number of aliphatic hydroxyl groups is 2. The fourth-order valence-electron chi connectivity index (χ4n) is 2.93. The van der Waals surface area contributed by atoms with Crippen molar-refractivity contribution in [2.24, 2.45) is 5.92 Å². The molecule has 0 aliphatic carbocycles. The largest absolute Gasteiger partial charge is 0.416 e. The molecule has 0 heterocycles. The number of hydrogen-bond donors (Lipinski definition) is 2. The number of halogens is 9. The van der Waals surface area contributed by atoms with E-state index in [1.54, 1.807) is 0 Å². The van der Waals surface area contributed by atoms with Gasteiger partial charge in [-0.1, -0.05) is 0 Å². The molecule has 3 atom stereocenters. The second-order valence-electron chi connectivity index (χ2n) is 6.84. The monoisotopic (exact) mass is 482 g/mol. The summed E-state index contributed by atoms with van der Waals surface area (Å²) < 4.78 is 117. The zero-order valence-electron chi connectivity index (χ0n) is 15.9. The molecule has 0 spiro atoms. The van der Waals surface area contributed by atoms with Gasteiger partial charge in [0.15, 0.2) is 0 Å². The van der Waals surface area contributed by atoms with Crippen molar-refractivity contribution in [1.82, 2.24) is 0 Å². The highest BCUT2D eigenvalue weighted by Gasteiger charge is 2.39. The van der Waals surface area contributed by atoms with Gasteiger partial charge < -0.3 is 10.2 Å². The van der Waals surface area contributed by atoms with Crippen molar-refractivity contribution in [3.8, 4) is 12.1 Å². The molecule has 176 valence electrons. The molecule has 0 aliphatic heterocycles. The average molecular weight is 482 g/mol. The van der Waals surface area contributed by atoms with Crippen LogP contribution in [0, 0.1) is 28.6 Å². The van der Waals surface area contributed by atoms with Crippen molar-refractivity contribution >= 4 is 0 Å². The maximum atomic E-state index is 13.0. The Bertz CT molecular complexity index is 1080. The van der Waals surface area contributed by atoms with Crippen molar-refractivity contribution in [2.45, 2.75) is 30.7 Å². The molecule has 0 fully saturated rings. The van der Waals surface area contributed by atoms with E-state index in [2.05, 4.69) is 0 Å². The van der Waals surface area contributed by atoms with Crippen molar-refractivity contribution in [1.29, 1.82) is 10.5 Å². The summed E-state index contributed by atoms with van der Waals surface area (Å²) in [7, 11) is 0. The molecule has 3 unspecified atom stereocenters. The first-order chi connectivity index (χ1) is 15.0. The summed E-state index contributed by atoms with van der Waals surface area (Å²) in [5, 5.41) is 38.9. The van der Waals surface area contributed by atoms with E-state index >= 15 is 0 Å². The molecule has 0 aromatic heterocycles. The Labute approximate surface area is 179 Å². The first-order valence-electron chi connectivity index (χ1n) is 8.66. The molecule has 2 N–H and O–H groups in total. The van der Waals surface area contributed by atoms with Crippen LogP contribution in [0.3, 0.4) is 0 Å². The lowest BCUT2D eigenvalue weighted by atomic mass is 9.86. The second-order valence-corrected chi connectivity index (χ2v) is 6.84. The van der Waals surface area contributed by atoms with Crippen LogP contribution in [0.15, 0.2) is 36.4 Å². The van der Waals surface area contributed by atoms with Crippen LogP contribution in [0.2, 0.25) is 0 Å². The molecule has 2 rings (SSSR count). The minimum Gasteiger partial charge on any atom is -0.387 e. The Morgan fingerprint density at radius 1 is 0.606 bits per heavy atom. The van der Waals surface area contributed by atoms with Gasteiger partial charge in [-0.15, -0.1) is 0 Å². The van der Waals surface area contributed by atoms with Crippen LogP contribution < -0.4 is 0 Å². The molecule has 0 saturated heterocycles. The summed E-state index contributed by atoms with van der Waals surface area (Å²) >= 11 is 0. The number of nitriles is 2. The standard InChI is InChI=1S/C20H11F9N2O2/c21-18(22,23)12-2-9(7-30)1-10(3-12)16(32)15(8-31)17(33)11-4-13(19(24,25)26)6-14(5-11)20(27,28)29/h1-6,15-17,32-33H. The normalized spacial score (nSPS) is 15.3. The van der Waals surface area contributed by atoms with Crippen LogP contribution in [-0.2, 0) is 18.5 Å². The van der Waals surface area contributed by atoms with Crippen LogP contribution in [0.5, 0.6) is 0 Å². The predicted octanol–water partition coefficient (Wildman–Crippen LogP) is 5.52. The van der Waals surface area contributed by atoms with E-state index in [0.29, 0.717) is 12.1 Å². The first kappa shape index (κ1) is 26.0. The van der Waals surface area contributed by atoms with Crippen molar-refractivity contribution in [3.05, 3.63) is 69.8 Å². The Morgan fingerprint density at radius 3 is 1.30 bits per heavy atom. The smallest absolute Gasteiger partial charge is 0.387 e. The molecule has 2 aromatic rings. The van der Waals surface area contributed by atoms with Gasteiger partial charge >= 0.3 is 18.5 Å². The van der Waals surface area contributed by atoms with Crippen molar-refractivity contribution in [2.75, 3.05) is 0 Å². The molecular formula is C20H11F9N2O2. The van der Waals surface area contributed by atoms with Crippen LogP contribution in [-0.4, -0.2) is 10.2 Å². The molecule has 0 aliphatic rings. The Morgan fingerprint density at radius 2 is 0.970 bits per heavy atom. The van der Waals surface area contributed by atoms with Gasteiger partial charge in [0.25, 0.3) is 0 Å². The molecule has 0 amide bonds. The number of alkyl halides is 9. The van der Waals surface area contributed by atoms with Crippen LogP contribution in [0.4, 0.5) is 39.5 Å². The maximum Gasteiger partial charge on any atom is 0.416 e. The molecule has 0 radical (unpaired) electrons. The van der Waals surface area contributed by atoms with Gasteiger partial charge in [0.2, 0.25) is 0 Å². The van der Waals surface area contributed by atoms with E-state index in [1.807, 2.05) is 0 Å². The number of benzene rings is 2. The summed E-state index contributed by atoms with van der Waals surface area (Å²) in [4.78, 5) is 0. The van der Waals surface area contributed by atoms with E-state index in [0.717, 1.165) is 6.07 Å². The molecule has 4 nitrogen and oxygen atoms in total. The van der Waals surface area contributed by atoms with Gasteiger partial charge in [-0.25, -0.2) is 0 Å². The first-order valence-corrected chi connectivity index (χ1v) is 8.66. The fourth-order valence-corrected chi connectivity index (χ4v) is 2.93. The summed E-state index contributed by atoms with van der Waals surface area (Å²) in [6.45, 7) is 0. The second kappa shape index (κ2) is 8.92. The number of rotatable bonds is 4. The lowest BCUT2D eigenvalue weighted by Gasteiger charge is -2.24. The van der Waals surface area contributed by atoms with Crippen LogP contribution in [0.1, 0.15) is 45.6 Å². The molecule has 2 aromatic carbocycles. The van der Waals surface area contributed by atoms with Crippen molar-refractivity contribution < 1.29 is 49.7 Å². The SMILES string of the molecule is N#Cc1cc(C(O)C(C#N)C(O)c2cc(C(F)(F)F)cc(C(F)(F)F)c2)cc(C(F)(F)F)c1. The summed E-state index contributed by atoms with van der Waals surface area (Å²) in [6.07, 6.45) is -20.3. The third-order valence-corrected chi connectivity index (χ3v) is 4.53. The Balaban J connectivity index is 2.59. The lowest BCUT2D eigenvalue weighted by molar-refractivity contribution is -0.143. The molecule has 33 heavy (non-hydrogen) atoms. The van der Waals surface area contributed by atoms with Gasteiger partial charge in [0.05, 0.1) is 46.6 Å². The number of hydrogen-bond acceptors (Lipinski definition) is 4. The van der Waals surface area contributed by atoms with Crippen LogP contribution >= 0.6 is 0 Å². The zero-order chi connectivity index (χ0) is 25.4. The zero-order valence-corrected chi connectivity index (χ0v) is 15.9. The maximum absolute atomic E-state index is 13.0. The highest BCUT2D eigenvalue weighted by molar-refractivity contribution is 5.41. The number of aliphatic hydroxyl groups excluding tert-OH is 2. The number of nitrogens with zero attached hydrogens (tertiary/aromatic N) is 2. The van der Waals surface area contributed by atoms with Crippen molar-refractivity contribution in [3.63, 3.8) is 0 Å². The fraction of sp³-hybridized carbons (Fsp3) is 0.300. The minimum atomic E-state index is -5.26. The molecule has 13 heteroatoms. The molecule has 0 saturated carbocycles. The molecule has 0 bridgehead atoms. The van der Waals surface area contributed by atoms with E-state index in [4.69, 9.17) is 5.26 Å². The van der Waals surface area contributed by atoms with Gasteiger partial charge in [0, 0.05) is 0 Å². The Hall–Kier alpha value is -3.29. The van der Waals surface area contributed by atoms with Gasteiger partial charge in [-0.3, -0.25) is 0 Å². The highest BCUT2D eigenvalue weighted by atomic mass is 19.4. The lowest BCUT2D eigenvalue weighted by Crippen LogP contribution is -2.21. The van der Waals surface area contributed by atoms with Crippen LogP contribution in [0.25, 0.3) is 0 Å². The average Bonchev–Trinajstić information content (AvgIpc) is 2.71. The van der Waals surface area contributed by atoms with E-state index in [-0.39, 0.29) is 18.2 Å². The summed E-state index contributed by atoms with van der Waals surface area (Å²) in [6, 6.07) is 4.22. The van der Waals surface area contributed by atoms with E-state index < -0.39 is 70.0 Å². The quantitative estimate of drug-likeness (QED) is 0.562. The minimum absolute atomic E-state index is 0.129. The molecular weight excluding hydrogens is 471 g/mol.